The summed E-state index contributed by atoms with van der Waals surface area (Å²) in [6.45, 7) is 0.537. The van der Waals surface area contributed by atoms with Crippen molar-refractivity contribution in [2.45, 2.75) is 6.54 Å². The van der Waals surface area contributed by atoms with Gasteiger partial charge in [0.2, 0.25) is 0 Å². The average molecular weight is 249 g/mol. The van der Waals surface area contributed by atoms with Crippen molar-refractivity contribution in [1.82, 2.24) is 0 Å². The average Bonchev–Trinajstić information content (AvgIpc) is 2.41. The van der Waals surface area contributed by atoms with Crippen molar-refractivity contribution in [3.05, 3.63) is 59.7 Å². The van der Waals surface area contributed by atoms with Crippen molar-refractivity contribution in [3.8, 4) is 5.75 Å². The summed E-state index contributed by atoms with van der Waals surface area (Å²) < 4.78 is 30.8. The van der Waals surface area contributed by atoms with E-state index >= 15 is 0 Å². The van der Waals surface area contributed by atoms with Crippen molar-refractivity contribution in [1.29, 1.82) is 0 Å². The van der Waals surface area contributed by atoms with E-state index in [1.165, 1.54) is 6.07 Å². The van der Waals surface area contributed by atoms with E-state index in [0.29, 0.717) is 12.2 Å². The molecule has 2 nitrogen and oxygen atoms in total. The van der Waals surface area contributed by atoms with E-state index in [0.717, 1.165) is 23.4 Å². The van der Waals surface area contributed by atoms with Gasteiger partial charge in [-0.3, -0.25) is 0 Å². The van der Waals surface area contributed by atoms with Crippen LogP contribution in [0.1, 0.15) is 5.56 Å². The predicted octanol–water partition coefficient (Wildman–Crippen LogP) is 3.59. The molecule has 1 N–H and O–H groups in total. The topological polar surface area (TPSA) is 21.3 Å². The van der Waals surface area contributed by atoms with Gasteiger partial charge in [-0.2, -0.15) is 0 Å². The summed E-state index contributed by atoms with van der Waals surface area (Å²) in [6, 6.07) is 11.3. The summed E-state index contributed by atoms with van der Waals surface area (Å²) in [5.74, 6) is -0.911. The van der Waals surface area contributed by atoms with Gasteiger partial charge >= 0.3 is 0 Å². The Kier molecular flexibility index (Phi) is 3.77. The first-order valence-electron chi connectivity index (χ1n) is 5.51. The monoisotopic (exact) mass is 249 g/mol. The van der Waals surface area contributed by atoms with Gasteiger partial charge in [0.1, 0.15) is 5.75 Å². The normalized spacial score (nSPS) is 10.2. The molecule has 0 aliphatic heterocycles. The van der Waals surface area contributed by atoms with Crippen LogP contribution in [0.25, 0.3) is 0 Å². The first-order valence-corrected chi connectivity index (χ1v) is 5.51. The molecular weight excluding hydrogens is 236 g/mol. The van der Waals surface area contributed by atoms with Gasteiger partial charge in [0, 0.05) is 18.3 Å². The van der Waals surface area contributed by atoms with Gasteiger partial charge in [-0.1, -0.05) is 12.1 Å². The van der Waals surface area contributed by atoms with E-state index in [9.17, 15) is 8.78 Å². The van der Waals surface area contributed by atoms with Crippen LogP contribution < -0.4 is 10.1 Å². The maximum Gasteiger partial charge on any atom is 0.160 e. The van der Waals surface area contributed by atoms with E-state index in [1.54, 1.807) is 7.11 Å². The van der Waals surface area contributed by atoms with E-state index < -0.39 is 11.6 Å². The third-order valence-corrected chi connectivity index (χ3v) is 2.58. The molecule has 0 spiro atoms. The molecule has 0 aliphatic rings. The highest BCUT2D eigenvalue weighted by molar-refractivity contribution is 5.44. The number of methoxy groups -OCH3 is 1. The molecule has 0 aromatic heterocycles. The van der Waals surface area contributed by atoms with Gasteiger partial charge in [0.05, 0.1) is 7.11 Å². The number of nitrogens with one attached hydrogen (secondary N) is 1. The molecule has 0 amide bonds. The first-order chi connectivity index (χ1) is 8.69. The lowest BCUT2D eigenvalue weighted by molar-refractivity contribution is 0.414. The van der Waals surface area contributed by atoms with Crippen LogP contribution in [0.4, 0.5) is 14.5 Å². The molecule has 0 bridgehead atoms. The van der Waals surface area contributed by atoms with Gasteiger partial charge < -0.3 is 10.1 Å². The molecule has 0 aliphatic carbocycles. The third kappa shape index (κ3) is 2.97. The van der Waals surface area contributed by atoms with E-state index in [2.05, 4.69) is 5.32 Å². The third-order valence-electron chi connectivity index (χ3n) is 2.58. The second-order valence-corrected chi connectivity index (χ2v) is 3.83. The molecule has 94 valence electrons. The Balaban J connectivity index is 1.99. The molecule has 0 saturated heterocycles. The van der Waals surface area contributed by atoms with Crippen LogP contribution in [-0.2, 0) is 6.54 Å². The molecule has 2 aromatic rings. The maximum atomic E-state index is 13.0. The van der Waals surface area contributed by atoms with Crippen molar-refractivity contribution >= 4 is 5.69 Å². The molecule has 0 fully saturated rings. The highest BCUT2D eigenvalue weighted by Crippen LogP contribution is 2.15. The number of anilines is 1. The maximum absolute atomic E-state index is 13.0. The standard InChI is InChI=1S/C14H13F2NO/c1-18-12-5-2-10(3-6-12)9-17-11-4-7-13(15)14(16)8-11/h2-8,17H,9H2,1H3. The Morgan fingerprint density at radius 3 is 2.33 bits per heavy atom. The van der Waals surface area contributed by atoms with Crippen molar-refractivity contribution < 1.29 is 13.5 Å². The molecule has 0 radical (unpaired) electrons. The molecule has 0 heterocycles. The highest BCUT2D eigenvalue weighted by Gasteiger charge is 2.02. The van der Waals surface area contributed by atoms with Crippen LogP contribution in [0.5, 0.6) is 5.75 Å². The van der Waals surface area contributed by atoms with E-state index in [4.69, 9.17) is 4.74 Å². The SMILES string of the molecule is COc1ccc(CNc2ccc(F)c(F)c2)cc1. The highest BCUT2D eigenvalue weighted by atomic mass is 19.2. The number of hydrogen-bond acceptors (Lipinski definition) is 2. The minimum Gasteiger partial charge on any atom is -0.497 e. The number of benzene rings is 2. The number of ether oxygens (including phenoxy) is 1. The lowest BCUT2D eigenvalue weighted by atomic mass is 10.2. The van der Waals surface area contributed by atoms with Crippen LogP contribution in [0.2, 0.25) is 0 Å². The van der Waals surface area contributed by atoms with Crippen molar-refractivity contribution in [2.75, 3.05) is 12.4 Å². The molecule has 2 aromatic carbocycles. The largest absolute Gasteiger partial charge is 0.497 e. The van der Waals surface area contributed by atoms with Crippen LogP contribution in [-0.4, -0.2) is 7.11 Å². The van der Waals surface area contributed by atoms with Crippen LogP contribution in [0.15, 0.2) is 42.5 Å². The van der Waals surface area contributed by atoms with Crippen LogP contribution in [0, 0.1) is 11.6 Å². The predicted molar refractivity (Wildman–Crippen MR) is 66.7 cm³/mol. The smallest absolute Gasteiger partial charge is 0.160 e. The van der Waals surface area contributed by atoms with Gasteiger partial charge in [0.15, 0.2) is 11.6 Å². The van der Waals surface area contributed by atoms with Crippen molar-refractivity contribution in [3.63, 3.8) is 0 Å². The fourth-order valence-corrected chi connectivity index (χ4v) is 1.55. The summed E-state index contributed by atoms with van der Waals surface area (Å²) in [6.07, 6.45) is 0. The lowest BCUT2D eigenvalue weighted by Crippen LogP contribution is -2.00. The zero-order chi connectivity index (χ0) is 13.0. The molecule has 18 heavy (non-hydrogen) atoms. The quantitative estimate of drug-likeness (QED) is 0.894. The van der Waals surface area contributed by atoms with Gasteiger partial charge in [-0.25, -0.2) is 8.78 Å². The molecular formula is C14H13F2NO. The van der Waals surface area contributed by atoms with Crippen molar-refractivity contribution in [2.24, 2.45) is 0 Å². The number of hydrogen-bond donors (Lipinski definition) is 1. The Bertz CT molecular complexity index is 526. The fraction of sp³-hybridized carbons (Fsp3) is 0.143. The first kappa shape index (κ1) is 12.4. The zero-order valence-corrected chi connectivity index (χ0v) is 9.91. The zero-order valence-electron chi connectivity index (χ0n) is 9.91. The molecule has 0 unspecified atom stereocenters. The summed E-state index contributed by atoms with van der Waals surface area (Å²) in [4.78, 5) is 0. The van der Waals surface area contributed by atoms with Gasteiger partial charge in [0.25, 0.3) is 0 Å². The summed E-state index contributed by atoms with van der Waals surface area (Å²) in [5, 5.41) is 3.02. The van der Waals surface area contributed by atoms with Gasteiger partial charge in [-0.05, 0) is 29.8 Å². The Hall–Kier alpha value is -2.10. The summed E-state index contributed by atoms with van der Waals surface area (Å²) >= 11 is 0. The Morgan fingerprint density at radius 2 is 1.72 bits per heavy atom. The van der Waals surface area contributed by atoms with Gasteiger partial charge in [-0.15, -0.1) is 0 Å². The molecule has 2 rings (SSSR count). The van der Waals surface area contributed by atoms with E-state index in [1.807, 2.05) is 24.3 Å². The summed E-state index contributed by atoms with van der Waals surface area (Å²) in [7, 11) is 1.61. The molecule has 4 heteroatoms. The summed E-state index contributed by atoms with van der Waals surface area (Å²) in [5.41, 5.74) is 1.57. The Morgan fingerprint density at radius 1 is 1.00 bits per heavy atom. The second kappa shape index (κ2) is 5.49. The molecule has 0 saturated carbocycles. The number of halogens is 2. The van der Waals surface area contributed by atoms with Crippen LogP contribution in [0.3, 0.4) is 0 Å². The van der Waals surface area contributed by atoms with Crippen LogP contribution >= 0.6 is 0 Å². The Labute approximate surface area is 104 Å². The lowest BCUT2D eigenvalue weighted by Gasteiger charge is -2.07. The second-order valence-electron chi connectivity index (χ2n) is 3.83. The molecule has 0 atom stereocenters. The van der Waals surface area contributed by atoms with E-state index in [-0.39, 0.29) is 0 Å². The number of rotatable bonds is 4. The fourth-order valence-electron chi connectivity index (χ4n) is 1.55. The minimum atomic E-state index is -0.852. The minimum absolute atomic E-state index is 0.537.